The summed E-state index contributed by atoms with van der Waals surface area (Å²) in [7, 11) is 0. The summed E-state index contributed by atoms with van der Waals surface area (Å²) in [6, 6.07) is 21.4. The van der Waals surface area contributed by atoms with E-state index in [2.05, 4.69) is 85.4 Å². The summed E-state index contributed by atoms with van der Waals surface area (Å²) in [6.07, 6.45) is -2.00. The summed E-state index contributed by atoms with van der Waals surface area (Å²) in [5, 5.41) is 46.5. The minimum Gasteiger partial charge on any atom is -0.851 e. The van der Waals surface area contributed by atoms with Gasteiger partial charge in [0.15, 0.2) is 0 Å². The summed E-state index contributed by atoms with van der Waals surface area (Å²) >= 11 is 0. The van der Waals surface area contributed by atoms with E-state index in [1.54, 1.807) is 0 Å². The second-order valence-electron chi connectivity index (χ2n) is 11.6. The van der Waals surface area contributed by atoms with E-state index in [1.807, 2.05) is 24.3 Å². The Morgan fingerprint density at radius 1 is 0.474 bits per heavy atom. The average Bonchev–Trinajstić information content (AvgIpc) is 3.11. The molecule has 0 saturated heterocycles. The van der Waals surface area contributed by atoms with E-state index >= 15 is 0 Å². The number of benzene rings is 4. The Kier molecular flexibility index (Phi) is 5.29. The number of hydrogen-bond donors (Lipinski definition) is 4. The Hall–Kier alpha value is -3.48. The average molecular weight is 507 g/mol. The minimum atomic E-state index is -0.999. The maximum atomic E-state index is 13.9. The van der Waals surface area contributed by atoms with Crippen molar-refractivity contribution in [1.29, 1.82) is 0 Å². The fourth-order valence-corrected chi connectivity index (χ4v) is 6.79. The first-order valence-electron chi connectivity index (χ1n) is 13.8. The molecule has 1 saturated carbocycles. The zero-order valence-corrected chi connectivity index (χ0v) is 22.2. The summed E-state index contributed by atoms with van der Waals surface area (Å²) in [5.74, 6) is -1.15. The van der Waals surface area contributed by atoms with Crippen LogP contribution < -0.4 is 31.5 Å². The van der Waals surface area contributed by atoms with Gasteiger partial charge in [0.2, 0.25) is 0 Å². The molecule has 4 aromatic carbocycles. The highest BCUT2D eigenvalue weighted by Gasteiger charge is 2.40. The van der Waals surface area contributed by atoms with Crippen LogP contribution in [0.5, 0.6) is 0 Å². The largest absolute Gasteiger partial charge is 0.851 e. The molecule has 4 aromatic rings. The van der Waals surface area contributed by atoms with Crippen LogP contribution in [0.1, 0.15) is 50.7 Å². The van der Waals surface area contributed by atoms with Gasteiger partial charge in [0, 0.05) is 57.7 Å². The molecule has 4 N–H and O–H groups in total. The molecule has 0 radical (unpaired) electrons. The first kappa shape index (κ1) is 23.6. The number of rotatable bonds is 2. The molecule has 196 valence electrons. The van der Waals surface area contributed by atoms with Crippen LogP contribution in [0.3, 0.4) is 0 Å². The monoisotopic (exact) mass is 506 g/mol. The molecule has 0 aromatic heterocycles. The molecule has 2 heterocycles. The van der Waals surface area contributed by atoms with Crippen LogP contribution in [0.4, 0.5) is 22.7 Å². The Morgan fingerprint density at radius 3 is 1.18 bits per heavy atom. The molecule has 1 aliphatic carbocycles. The van der Waals surface area contributed by atoms with Crippen LogP contribution in [0.15, 0.2) is 60.7 Å². The number of hydrogen-bond acceptors (Lipinski definition) is 6. The predicted octanol–water partition coefficient (Wildman–Crippen LogP) is 4.56. The fraction of sp³-hybridized carbons (Fsp3) is 0.375. The maximum Gasteiger partial charge on any atom is 0.0443 e. The van der Waals surface area contributed by atoms with Gasteiger partial charge in [-0.05, 0) is 85.7 Å². The first-order chi connectivity index (χ1) is 18.3. The van der Waals surface area contributed by atoms with Crippen molar-refractivity contribution in [3.05, 3.63) is 71.8 Å². The highest BCUT2D eigenvalue weighted by Crippen LogP contribution is 2.51. The highest BCUT2D eigenvalue weighted by atomic mass is 16.3. The molecule has 0 spiro atoms. The van der Waals surface area contributed by atoms with Gasteiger partial charge in [-0.3, -0.25) is 0 Å². The van der Waals surface area contributed by atoms with Gasteiger partial charge >= 0.3 is 0 Å². The quantitative estimate of drug-likeness (QED) is 0.319. The third-order valence-corrected chi connectivity index (χ3v) is 9.32. The molecule has 4 unspecified atom stereocenters. The highest BCUT2D eigenvalue weighted by molar-refractivity contribution is 6.07. The third kappa shape index (κ3) is 3.33. The van der Waals surface area contributed by atoms with Crippen LogP contribution in [0.25, 0.3) is 21.5 Å². The first-order valence-corrected chi connectivity index (χ1v) is 13.8. The lowest BCUT2D eigenvalue weighted by Gasteiger charge is -2.62. The Balaban J connectivity index is 1.30. The predicted molar refractivity (Wildman–Crippen MR) is 153 cm³/mol. The van der Waals surface area contributed by atoms with Gasteiger partial charge in [-0.25, -0.2) is 0 Å². The molecule has 1 fully saturated rings. The minimum absolute atomic E-state index is 0.246. The summed E-state index contributed by atoms with van der Waals surface area (Å²) < 4.78 is 0. The third-order valence-electron chi connectivity index (χ3n) is 9.32. The molecular formula is C32H34N4O2-2. The van der Waals surface area contributed by atoms with Gasteiger partial charge in [0.05, 0.1) is 0 Å². The lowest BCUT2D eigenvalue weighted by Crippen LogP contribution is -2.63. The van der Waals surface area contributed by atoms with Crippen molar-refractivity contribution < 1.29 is 10.2 Å². The van der Waals surface area contributed by atoms with Gasteiger partial charge in [-0.15, -0.1) is 12.2 Å². The van der Waals surface area contributed by atoms with Crippen molar-refractivity contribution in [3.63, 3.8) is 0 Å². The van der Waals surface area contributed by atoms with E-state index in [9.17, 15) is 10.2 Å². The molecular weight excluding hydrogens is 472 g/mol. The van der Waals surface area contributed by atoms with Gasteiger partial charge in [-0.2, -0.15) is 0 Å². The van der Waals surface area contributed by atoms with E-state index < -0.39 is 24.0 Å². The van der Waals surface area contributed by atoms with Crippen molar-refractivity contribution >= 4 is 44.3 Å². The molecule has 0 bridgehead atoms. The summed E-state index contributed by atoms with van der Waals surface area (Å²) in [6.45, 7) is 8.65. The molecule has 38 heavy (non-hydrogen) atoms. The zero-order valence-electron chi connectivity index (χ0n) is 22.2. The lowest BCUT2D eigenvalue weighted by molar-refractivity contribution is -0.535. The zero-order chi connectivity index (χ0) is 26.3. The molecule has 6 nitrogen and oxygen atoms in total. The molecule has 2 aliphatic heterocycles. The Labute approximate surface area is 223 Å². The van der Waals surface area contributed by atoms with E-state index in [-0.39, 0.29) is 24.2 Å². The van der Waals surface area contributed by atoms with Crippen LogP contribution in [0, 0.1) is 0 Å². The fourth-order valence-electron chi connectivity index (χ4n) is 6.79. The van der Waals surface area contributed by atoms with Crippen molar-refractivity contribution in [2.75, 3.05) is 21.3 Å². The summed E-state index contributed by atoms with van der Waals surface area (Å²) in [4.78, 5) is 0. The van der Waals surface area contributed by atoms with Crippen molar-refractivity contribution in [2.45, 2.75) is 75.9 Å². The molecule has 6 heteroatoms. The molecule has 7 rings (SSSR count). The molecule has 4 atom stereocenters. The van der Waals surface area contributed by atoms with Crippen molar-refractivity contribution in [3.8, 4) is 0 Å². The van der Waals surface area contributed by atoms with Gasteiger partial charge in [-0.1, -0.05) is 36.4 Å². The van der Waals surface area contributed by atoms with E-state index in [1.165, 1.54) is 0 Å². The molecule has 3 aliphatic rings. The summed E-state index contributed by atoms with van der Waals surface area (Å²) in [5.41, 5.74) is 5.94. The second kappa shape index (κ2) is 8.52. The van der Waals surface area contributed by atoms with E-state index in [0.717, 1.165) is 55.4 Å². The molecule has 0 amide bonds. The standard InChI is InChI=1S/C32H34N4O2/c1-15-17(3)35-25-13-11-21(19-7-5-9-23(33-15)27(19)25)29-31(37)30(32(29)38)22-12-14-26-28-20(22)8-6-10-24(28)34-16(2)18(4)36-26/h5-18,29-36H,1-4H3/q-2. The van der Waals surface area contributed by atoms with Gasteiger partial charge < -0.3 is 31.5 Å². The van der Waals surface area contributed by atoms with Crippen LogP contribution >= 0.6 is 0 Å². The van der Waals surface area contributed by atoms with Crippen molar-refractivity contribution in [2.24, 2.45) is 0 Å². The maximum absolute atomic E-state index is 13.9. The number of anilines is 4. The Morgan fingerprint density at radius 2 is 0.816 bits per heavy atom. The van der Waals surface area contributed by atoms with Crippen LogP contribution in [0.2, 0.25) is 0 Å². The van der Waals surface area contributed by atoms with Gasteiger partial charge in [0.25, 0.3) is 0 Å². The van der Waals surface area contributed by atoms with Crippen LogP contribution in [-0.4, -0.2) is 36.4 Å². The van der Waals surface area contributed by atoms with Gasteiger partial charge in [0.1, 0.15) is 0 Å². The normalized spacial score (nSPS) is 31.7. The van der Waals surface area contributed by atoms with Crippen LogP contribution in [-0.2, 0) is 0 Å². The Bertz CT molecular complexity index is 1410. The van der Waals surface area contributed by atoms with E-state index in [4.69, 9.17) is 0 Å². The number of nitrogens with one attached hydrogen (secondary N) is 4. The smallest absolute Gasteiger partial charge is 0.0443 e. The van der Waals surface area contributed by atoms with E-state index in [0.29, 0.717) is 0 Å². The van der Waals surface area contributed by atoms with Crippen molar-refractivity contribution in [1.82, 2.24) is 0 Å². The second-order valence-corrected chi connectivity index (χ2v) is 11.6. The lowest BCUT2D eigenvalue weighted by atomic mass is 9.62. The topological polar surface area (TPSA) is 94.2 Å². The SMILES string of the molecule is CC1Nc2cccc3c(C4C([O-])C(c5ccc6c7c(cccc57)NC(C)C(C)N6)C4[O-])ccc(c23)NC1C.